The van der Waals surface area contributed by atoms with E-state index in [0.29, 0.717) is 24.2 Å². The Labute approximate surface area is 199 Å². The molecule has 2 saturated carbocycles. The molecule has 0 radical (unpaired) electrons. The van der Waals surface area contributed by atoms with E-state index in [9.17, 15) is 4.79 Å². The lowest BCUT2D eigenvalue weighted by molar-refractivity contribution is 0.0729. The molecule has 1 amide bonds. The van der Waals surface area contributed by atoms with E-state index in [-0.39, 0.29) is 5.91 Å². The number of rotatable bonds is 7. The van der Waals surface area contributed by atoms with E-state index in [1.807, 2.05) is 24.0 Å². The highest BCUT2D eigenvalue weighted by molar-refractivity contribution is 5.94. The first kappa shape index (κ1) is 20.8. The predicted molar refractivity (Wildman–Crippen MR) is 133 cm³/mol. The van der Waals surface area contributed by atoms with Crippen molar-refractivity contribution in [2.75, 3.05) is 5.32 Å². The molecule has 2 heterocycles. The van der Waals surface area contributed by atoms with E-state index in [1.54, 1.807) is 12.4 Å². The third-order valence-corrected chi connectivity index (χ3v) is 6.50. The Morgan fingerprint density at radius 1 is 1.00 bits per heavy atom. The third kappa shape index (κ3) is 4.36. The van der Waals surface area contributed by atoms with E-state index in [4.69, 9.17) is 0 Å². The number of hydrogen-bond acceptors (Lipinski definition) is 5. The van der Waals surface area contributed by atoms with Crippen LogP contribution in [-0.2, 0) is 6.54 Å². The van der Waals surface area contributed by atoms with Gasteiger partial charge in [-0.3, -0.25) is 9.78 Å². The number of nitrogens with zero attached hydrogens (tertiary/aromatic N) is 4. The summed E-state index contributed by atoms with van der Waals surface area (Å²) in [5.41, 5.74) is 4.97. The second-order valence-corrected chi connectivity index (χ2v) is 9.38. The molecule has 0 aliphatic heterocycles. The van der Waals surface area contributed by atoms with Crippen molar-refractivity contribution in [3.8, 4) is 11.1 Å². The van der Waals surface area contributed by atoms with Crippen LogP contribution >= 0.6 is 0 Å². The van der Waals surface area contributed by atoms with Crippen LogP contribution < -0.4 is 5.32 Å². The summed E-state index contributed by atoms with van der Waals surface area (Å²) < 4.78 is 0. The maximum absolute atomic E-state index is 13.2. The number of anilines is 1. The van der Waals surface area contributed by atoms with Crippen molar-refractivity contribution in [3.05, 3.63) is 83.9 Å². The van der Waals surface area contributed by atoms with Gasteiger partial charge in [-0.25, -0.2) is 9.97 Å². The van der Waals surface area contributed by atoms with Crippen molar-refractivity contribution in [2.45, 2.75) is 51.2 Å². The van der Waals surface area contributed by atoms with Gasteiger partial charge in [-0.05, 0) is 79.6 Å². The first-order valence-electron chi connectivity index (χ1n) is 12.0. The number of carbonyl (C=O) groups excluding carboxylic acids is 1. The molecule has 34 heavy (non-hydrogen) atoms. The van der Waals surface area contributed by atoms with Gasteiger partial charge in [0.1, 0.15) is 11.6 Å². The minimum atomic E-state index is 0.0509. The average Bonchev–Trinajstić information content (AvgIpc) is 3.78. The Kier molecular flexibility index (Phi) is 5.21. The SMILES string of the molecule is Cc1nc(NC2CC2)c2cc(-c3cccc(CN(C(=O)c4cccnc4)C4CC4)c3)ccc2n1. The number of fused-ring (bicyclic) bond motifs is 1. The molecule has 1 N–H and O–H groups in total. The van der Waals surface area contributed by atoms with Crippen LogP contribution in [0.5, 0.6) is 0 Å². The normalized spacial score (nSPS) is 15.3. The van der Waals surface area contributed by atoms with E-state index in [2.05, 4.69) is 62.7 Å². The number of aromatic nitrogens is 3. The van der Waals surface area contributed by atoms with Crippen molar-refractivity contribution in [3.63, 3.8) is 0 Å². The van der Waals surface area contributed by atoms with E-state index in [0.717, 1.165) is 52.1 Å². The first-order chi connectivity index (χ1) is 16.6. The molecule has 4 aromatic rings. The van der Waals surface area contributed by atoms with Crippen molar-refractivity contribution < 1.29 is 4.79 Å². The van der Waals surface area contributed by atoms with E-state index in [1.165, 1.54) is 12.8 Å². The van der Waals surface area contributed by atoms with Crippen LogP contribution in [0.15, 0.2) is 67.0 Å². The lowest BCUT2D eigenvalue weighted by atomic mass is 10.0. The summed E-state index contributed by atoms with van der Waals surface area (Å²) >= 11 is 0. The maximum atomic E-state index is 13.2. The van der Waals surface area contributed by atoms with Crippen LogP contribution in [0, 0.1) is 6.92 Å². The smallest absolute Gasteiger partial charge is 0.255 e. The number of benzene rings is 2. The summed E-state index contributed by atoms with van der Waals surface area (Å²) in [6.45, 7) is 2.53. The molecule has 0 unspecified atom stereocenters. The molecule has 0 saturated heterocycles. The van der Waals surface area contributed by atoms with Gasteiger partial charge >= 0.3 is 0 Å². The average molecular weight is 450 g/mol. The molecule has 0 atom stereocenters. The Morgan fingerprint density at radius 2 is 1.85 bits per heavy atom. The molecular formula is C28H27N5O. The Balaban J connectivity index is 1.30. The fourth-order valence-electron chi connectivity index (χ4n) is 4.41. The van der Waals surface area contributed by atoms with Crippen LogP contribution in [0.3, 0.4) is 0 Å². The molecule has 2 aliphatic rings. The number of pyridine rings is 1. The Bertz CT molecular complexity index is 1360. The van der Waals surface area contributed by atoms with Gasteiger partial charge in [0, 0.05) is 36.4 Å². The summed E-state index contributed by atoms with van der Waals surface area (Å²) in [7, 11) is 0. The Hall–Kier alpha value is -3.80. The summed E-state index contributed by atoms with van der Waals surface area (Å²) in [4.78, 5) is 28.6. The first-order valence-corrected chi connectivity index (χ1v) is 12.0. The molecular weight excluding hydrogens is 422 g/mol. The Morgan fingerprint density at radius 3 is 2.62 bits per heavy atom. The van der Waals surface area contributed by atoms with Crippen molar-refractivity contribution in [1.29, 1.82) is 0 Å². The zero-order valence-electron chi connectivity index (χ0n) is 19.2. The minimum Gasteiger partial charge on any atom is -0.367 e. The monoisotopic (exact) mass is 449 g/mol. The highest BCUT2D eigenvalue weighted by Crippen LogP contribution is 2.33. The number of amides is 1. The van der Waals surface area contributed by atoms with E-state index >= 15 is 0 Å². The number of nitrogens with one attached hydrogen (secondary N) is 1. The van der Waals surface area contributed by atoms with Gasteiger partial charge in [-0.1, -0.05) is 24.3 Å². The van der Waals surface area contributed by atoms with Gasteiger partial charge < -0.3 is 10.2 Å². The van der Waals surface area contributed by atoms with Gasteiger partial charge in [-0.15, -0.1) is 0 Å². The fraction of sp³-hybridized carbons (Fsp3) is 0.286. The summed E-state index contributed by atoms with van der Waals surface area (Å²) in [5, 5.41) is 4.61. The maximum Gasteiger partial charge on any atom is 0.255 e. The van der Waals surface area contributed by atoms with Crippen molar-refractivity contribution >= 4 is 22.6 Å². The third-order valence-electron chi connectivity index (χ3n) is 6.50. The zero-order valence-corrected chi connectivity index (χ0v) is 19.2. The van der Waals surface area contributed by atoms with Gasteiger partial charge in [0.15, 0.2) is 0 Å². The van der Waals surface area contributed by atoms with Crippen LogP contribution in [0.25, 0.3) is 22.0 Å². The zero-order chi connectivity index (χ0) is 23.1. The molecule has 2 aromatic carbocycles. The fourth-order valence-corrected chi connectivity index (χ4v) is 4.41. The lowest BCUT2D eigenvalue weighted by Gasteiger charge is -2.23. The molecule has 0 bridgehead atoms. The largest absolute Gasteiger partial charge is 0.367 e. The molecule has 0 spiro atoms. The molecule has 6 heteroatoms. The highest BCUT2D eigenvalue weighted by Gasteiger charge is 2.33. The molecule has 6 nitrogen and oxygen atoms in total. The number of hydrogen-bond donors (Lipinski definition) is 1. The summed E-state index contributed by atoms with van der Waals surface area (Å²) in [6, 6.07) is 19.4. The van der Waals surface area contributed by atoms with Crippen LogP contribution in [0.2, 0.25) is 0 Å². The van der Waals surface area contributed by atoms with Gasteiger partial charge in [0.05, 0.1) is 11.1 Å². The van der Waals surface area contributed by atoms with Gasteiger partial charge in [-0.2, -0.15) is 0 Å². The van der Waals surface area contributed by atoms with Gasteiger partial charge in [0.25, 0.3) is 5.91 Å². The number of carbonyl (C=O) groups is 1. The molecule has 6 rings (SSSR count). The molecule has 170 valence electrons. The quantitative estimate of drug-likeness (QED) is 0.410. The standard InChI is InChI=1S/C28H27N5O/c1-18-30-26-12-7-21(15-25(26)27(31-18)32-23-8-9-23)20-5-2-4-19(14-20)17-33(24-10-11-24)28(34)22-6-3-13-29-16-22/h2-7,12-16,23-24H,8-11,17H2,1H3,(H,30,31,32). The molecule has 2 aromatic heterocycles. The van der Waals surface area contributed by atoms with E-state index < -0.39 is 0 Å². The summed E-state index contributed by atoms with van der Waals surface area (Å²) in [5.74, 6) is 1.75. The van der Waals surface area contributed by atoms with Crippen LogP contribution in [0.4, 0.5) is 5.82 Å². The second kappa shape index (κ2) is 8.52. The molecule has 2 fully saturated rings. The van der Waals surface area contributed by atoms with Crippen molar-refractivity contribution in [1.82, 2.24) is 19.9 Å². The summed E-state index contributed by atoms with van der Waals surface area (Å²) in [6.07, 6.45) is 7.87. The van der Waals surface area contributed by atoms with Crippen LogP contribution in [0.1, 0.15) is 47.4 Å². The number of aryl methyl sites for hydroxylation is 1. The molecule has 2 aliphatic carbocycles. The van der Waals surface area contributed by atoms with Gasteiger partial charge in [0.2, 0.25) is 0 Å². The lowest BCUT2D eigenvalue weighted by Crippen LogP contribution is -2.32. The minimum absolute atomic E-state index is 0.0509. The highest BCUT2D eigenvalue weighted by atomic mass is 16.2. The van der Waals surface area contributed by atoms with Crippen LogP contribution in [-0.4, -0.2) is 37.8 Å². The second-order valence-electron chi connectivity index (χ2n) is 9.38. The van der Waals surface area contributed by atoms with Crippen molar-refractivity contribution in [2.24, 2.45) is 0 Å². The predicted octanol–water partition coefficient (Wildman–Crippen LogP) is 5.38. The topological polar surface area (TPSA) is 71.0 Å².